The van der Waals surface area contributed by atoms with Crippen LogP contribution in [0.1, 0.15) is 22.8 Å². The van der Waals surface area contributed by atoms with Crippen LogP contribution in [0.25, 0.3) is 6.08 Å². The van der Waals surface area contributed by atoms with Gasteiger partial charge in [-0.25, -0.2) is 0 Å². The third-order valence-corrected chi connectivity index (χ3v) is 7.80. The van der Waals surface area contributed by atoms with Crippen molar-refractivity contribution in [3.63, 3.8) is 0 Å². The Hall–Kier alpha value is -4.05. The first kappa shape index (κ1) is 30.9. The quantitative estimate of drug-likeness (QED) is 0.120. The molecule has 3 amide bonds. The molecular formula is C32H27BrClN3O4S. The second kappa shape index (κ2) is 14.7. The summed E-state index contributed by atoms with van der Waals surface area (Å²) in [5.74, 6) is -0.540. The Balaban J connectivity index is 1.42. The molecular weight excluding hydrogens is 638 g/mol. The van der Waals surface area contributed by atoms with Crippen molar-refractivity contribution in [3.05, 3.63) is 123 Å². The summed E-state index contributed by atoms with van der Waals surface area (Å²) >= 11 is 11.0. The number of methoxy groups -OCH3 is 1. The van der Waals surface area contributed by atoms with Gasteiger partial charge in [0.15, 0.2) is 0 Å². The lowest BCUT2D eigenvalue weighted by atomic mass is 10.1. The molecule has 0 spiro atoms. The molecule has 4 aromatic rings. The SMILES string of the molecule is COc1ccc(NC(=O)C(C)Sc2ccc(NC(=O)/C(=C/c3cccc(Br)c3)NC(=O)c3ccccc3)cc2)cc1Cl. The first-order valence-electron chi connectivity index (χ1n) is 12.8. The fourth-order valence-electron chi connectivity index (χ4n) is 3.77. The number of amides is 3. The van der Waals surface area contributed by atoms with Gasteiger partial charge in [-0.3, -0.25) is 14.4 Å². The van der Waals surface area contributed by atoms with Crippen molar-refractivity contribution in [2.45, 2.75) is 17.1 Å². The molecule has 1 atom stereocenters. The van der Waals surface area contributed by atoms with Crippen molar-refractivity contribution >= 4 is 74.5 Å². The number of hydrogen-bond acceptors (Lipinski definition) is 5. The fourth-order valence-corrected chi connectivity index (χ4v) is 5.31. The smallest absolute Gasteiger partial charge is 0.272 e. The number of anilines is 2. The van der Waals surface area contributed by atoms with Gasteiger partial charge in [0.2, 0.25) is 5.91 Å². The highest BCUT2D eigenvalue weighted by molar-refractivity contribution is 9.10. The standard InChI is InChI=1S/C32H27BrClN3O4S/c1-20(30(38)36-25-13-16-29(41-2)27(34)19-25)42-26-14-11-24(12-15-26)35-32(40)28(18-21-7-6-10-23(33)17-21)37-31(39)22-8-4-3-5-9-22/h3-20H,1-2H3,(H,35,40)(H,36,38)(H,37,39)/b28-18-. The monoisotopic (exact) mass is 663 g/mol. The molecule has 0 fully saturated rings. The van der Waals surface area contributed by atoms with Crippen LogP contribution in [0.4, 0.5) is 11.4 Å². The zero-order valence-electron chi connectivity index (χ0n) is 22.7. The number of thioether (sulfide) groups is 1. The van der Waals surface area contributed by atoms with Crippen molar-refractivity contribution in [2.75, 3.05) is 17.7 Å². The molecule has 0 aromatic heterocycles. The Morgan fingerprint density at radius 2 is 1.60 bits per heavy atom. The molecule has 0 aliphatic carbocycles. The van der Waals surface area contributed by atoms with Gasteiger partial charge in [-0.2, -0.15) is 0 Å². The predicted molar refractivity (Wildman–Crippen MR) is 173 cm³/mol. The van der Waals surface area contributed by atoms with E-state index in [1.165, 1.54) is 18.9 Å². The van der Waals surface area contributed by atoms with E-state index in [0.717, 1.165) is 14.9 Å². The lowest BCUT2D eigenvalue weighted by Crippen LogP contribution is -2.30. The Morgan fingerprint density at radius 3 is 2.26 bits per heavy atom. The predicted octanol–water partition coefficient (Wildman–Crippen LogP) is 7.64. The number of rotatable bonds is 10. The van der Waals surface area contributed by atoms with Gasteiger partial charge >= 0.3 is 0 Å². The van der Waals surface area contributed by atoms with Crippen LogP contribution in [-0.2, 0) is 9.59 Å². The molecule has 1 unspecified atom stereocenters. The molecule has 0 aliphatic rings. The van der Waals surface area contributed by atoms with E-state index in [-0.39, 0.29) is 11.6 Å². The van der Waals surface area contributed by atoms with E-state index in [1.54, 1.807) is 67.6 Å². The number of carbonyl (C=O) groups is 3. The minimum absolute atomic E-state index is 0.0873. The third-order valence-electron chi connectivity index (χ3n) is 5.90. The summed E-state index contributed by atoms with van der Waals surface area (Å²) < 4.78 is 5.99. The minimum atomic E-state index is -0.481. The van der Waals surface area contributed by atoms with Gasteiger partial charge in [0, 0.05) is 26.3 Å². The summed E-state index contributed by atoms with van der Waals surface area (Å²) in [5.41, 5.74) is 2.36. The highest BCUT2D eigenvalue weighted by Gasteiger charge is 2.17. The largest absolute Gasteiger partial charge is 0.495 e. The molecule has 7 nitrogen and oxygen atoms in total. The normalized spacial score (nSPS) is 11.8. The molecule has 4 rings (SSSR count). The molecule has 0 aliphatic heterocycles. The Morgan fingerprint density at radius 1 is 0.881 bits per heavy atom. The fraction of sp³-hybridized carbons (Fsp3) is 0.0938. The van der Waals surface area contributed by atoms with Crippen LogP contribution in [0, 0.1) is 0 Å². The molecule has 0 saturated carbocycles. The van der Waals surface area contributed by atoms with Gasteiger partial charge in [-0.1, -0.05) is 57.9 Å². The highest BCUT2D eigenvalue weighted by Crippen LogP contribution is 2.29. The molecule has 0 bridgehead atoms. The topological polar surface area (TPSA) is 96.5 Å². The summed E-state index contributed by atoms with van der Waals surface area (Å²) in [6.07, 6.45) is 1.61. The average molecular weight is 665 g/mol. The zero-order valence-corrected chi connectivity index (χ0v) is 25.8. The van der Waals surface area contributed by atoms with Crippen LogP contribution < -0.4 is 20.7 Å². The van der Waals surface area contributed by atoms with E-state index in [9.17, 15) is 14.4 Å². The Kier molecular flexibility index (Phi) is 10.8. The van der Waals surface area contributed by atoms with Gasteiger partial charge in [0.1, 0.15) is 11.4 Å². The summed E-state index contributed by atoms with van der Waals surface area (Å²) in [6, 6.07) is 28.2. The molecule has 0 heterocycles. The van der Waals surface area contributed by atoms with Crippen molar-refractivity contribution in [1.29, 1.82) is 0 Å². The molecule has 3 N–H and O–H groups in total. The van der Waals surface area contributed by atoms with Crippen LogP contribution in [0.2, 0.25) is 5.02 Å². The molecule has 4 aromatic carbocycles. The maximum Gasteiger partial charge on any atom is 0.272 e. The minimum Gasteiger partial charge on any atom is -0.495 e. The second-order valence-corrected chi connectivity index (χ2v) is 11.7. The Bertz CT molecular complexity index is 1610. The lowest BCUT2D eigenvalue weighted by Gasteiger charge is -2.14. The van der Waals surface area contributed by atoms with Gasteiger partial charge < -0.3 is 20.7 Å². The van der Waals surface area contributed by atoms with E-state index in [0.29, 0.717) is 27.7 Å². The summed E-state index contributed by atoms with van der Waals surface area (Å²) in [6.45, 7) is 1.80. The van der Waals surface area contributed by atoms with Crippen LogP contribution in [0.5, 0.6) is 5.75 Å². The Labute approximate surface area is 261 Å². The van der Waals surface area contributed by atoms with E-state index in [4.69, 9.17) is 16.3 Å². The maximum absolute atomic E-state index is 13.3. The van der Waals surface area contributed by atoms with Gasteiger partial charge in [0.05, 0.1) is 17.4 Å². The lowest BCUT2D eigenvalue weighted by molar-refractivity contribution is -0.115. The molecule has 0 saturated heterocycles. The maximum atomic E-state index is 13.3. The van der Waals surface area contributed by atoms with Crippen LogP contribution in [0.3, 0.4) is 0 Å². The number of carbonyl (C=O) groups excluding carboxylic acids is 3. The molecule has 42 heavy (non-hydrogen) atoms. The highest BCUT2D eigenvalue weighted by atomic mass is 79.9. The number of benzene rings is 4. The van der Waals surface area contributed by atoms with E-state index >= 15 is 0 Å². The van der Waals surface area contributed by atoms with E-state index in [1.807, 2.05) is 42.5 Å². The van der Waals surface area contributed by atoms with E-state index in [2.05, 4.69) is 31.9 Å². The summed E-state index contributed by atoms with van der Waals surface area (Å²) in [5, 5.41) is 8.43. The number of ether oxygens (including phenoxy) is 1. The molecule has 214 valence electrons. The molecule has 10 heteroatoms. The van der Waals surface area contributed by atoms with Gasteiger partial charge in [-0.15, -0.1) is 11.8 Å². The number of halogens is 2. The van der Waals surface area contributed by atoms with E-state index < -0.39 is 17.1 Å². The third kappa shape index (κ3) is 8.72. The number of nitrogens with one attached hydrogen (secondary N) is 3. The zero-order chi connectivity index (χ0) is 30.1. The first-order valence-corrected chi connectivity index (χ1v) is 14.8. The number of hydrogen-bond donors (Lipinski definition) is 3. The van der Waals surface area contributed by atoms with Crippen molar-refractivity contribution in [3.8, 4) is 5.75 Å². The molecule has 0 radical (unpaired) electrons. The van der Waals surface area contributed by atoms with Crippen LogP contribution in [0.15, 0.2) is 112 Å². The van der Waals surface area contributed by atoms with Crippen molar-refractivity contribution in [1.82, 2.24) is 5.32 Å². The van der Waals surface area contributed by atoms with Gasteiger partial charge in [-0.05, 0) is 85.3 Å². The second-order valence-electron chi connectivity index (χ2n) is 9.01. The summed E-state index contributed by atoms with van der Waals surface area (Å²) in [7, 11) is 1.53. The van der Waals surface area contributed by atoms with Crippen molar-refractivity contribution < 1.29 is 19.1 Å². The summed E-state index contributed by atoms with van der Waals surface area (Å²) in [4.78, 5) is 39.7. The first-order chi connectivity index (χ1) is 20.2. The van der Waals surface area contributed by atoms with Crippen LogP contribution >= 0.6 is 39.3 Å². The van der Waals surface area contributed by atoms with Crippen LogP contribution in [-0.4, -0.2) is 30.1 Å². The van der Waals surface area contributed by atoms with Gasteiger partial charge in [0.25, 0.3) is 11.8 Å². The average Bonchev–Trinajstić information content (AvgIpc) is 2.98. The van der Waals surface area contributed by atoms with Crippen molar-refractivity contribution in [2.24, 2.45) is 0 Å².